The van der Waals surface area contributed by atoms with Gasteiger partial charge in [0.05, 0.1) is 11.6 Å². The fraction of sp³-hybridized carbons (Fsp3) is 0.857. The Morgan fingerprint density at radius 3 is 2.68 bits per heavy atom. The summed E-state index contributed by atoms with van der Waals surface area (Å²) in [5.41, 5.74) is -0.203. The van der Waals surface area contributed by atoms with Gasteiger partial charge in [0.25, 0.3) is 0 Å². The Balaban J connectivity index is 2.23. The molecule has 0 aromatic rings. The Hall–Kier alpha value is -1.10. The van der Waals surface area contributed by atoms with Gasteiger partial charge in [-0.1, -0.05) is 0 Å². The number of likely N-dealkylation sites (tertiary alicyclic amines) is 2. The maximum absolute atomic E-state index is 12.2. The van der Waals surface area contributed by atoms with E-state index in [4.69, 9.17) is 4.74 Å². The Bertz CT molecular complexity index is 372. The van der Waals surface area contributed by atoms with Crippen LogP contribution in [0.4, 0.5) is 0 Å². The molecule has 19 heavy (non-hydrogen) atoms. The van der Waals surface area contributed by atoms with Crippen molar-refractivity contribution in [3.05, 3.63) is 0 Å². The predicted molar refractivity (Wildman–Crippen MR) is 71.6 cm³/mol. The van der Waals surface area contributed by atoms with Crippen LogP contribution in [0.3, 0.4) is 0 Å². The van der Waals surface area contributed by atoms with Gasteiger partial charge in [0.1, 0.15) is 6.61 Å². The molecule has 108 valence electrons. The first-order valence-electron chi connectivity index (χ1n) is 7.07. The Morgan fingerprint density at radius 1 is 1.32 bits per heavy atom. The predicted octanol–water partition coefficient (Wildman–Crippen LogP) is 1.02. The smallest absolute Gasteiger partial charge is 0.248 e. The van der Waals surface area contributed by atoms with Gasteiger partial charge in [-0.25, -0.2) is 0 Å². The lowest BCUT2D eigenvalue weighted by Gasteiger charge is -2.56. The summed E-state index contributed by atoms with van der Waals surface area (Å²) in [6, 6.07) is 0.140. The van der Waals surface area contributed by atoms with Gasteiger partial charge in [-0.05, 0) is 32.6 Å². The van der Waals surface area contributed by atoms with E-state index in [-0.39, 0.29) is 30.0 Å². The first kappa shape index (κ1) is 14.3. The summed E-state index contributed by atoms with van der Waals surface area (Å²) in [6.07, 6.45) is 3.88. The number of amides is 2. The second kappa shape index (κ2) is 5.49. The van der Waals surface area contributed by atoms with E-state index in [1.807, 2.05) is 9.80 Å². The fourth-order valence-corrected chi connectivity index (χ4v) is 3.77. The molecule has 2 amide bonds. The summed E-state index contributed by atoms with van der Waals surface area (Å²) >= 11 is 0. The number of piperidine rings is 2. The first-order valence-corrected chi connectivity index (χ1v) is 7.07. The molecular formula is C14H24N2O3. The number of hydrogen-bond acceptors (Lipinski definition) is 3. The summed E-state index contributed by atoms with van der Waals surface area (Å²) in [4.78, 5) is 27.9. The molecule has 0 unspecified atom stereocenters. The standard InChI is InChI=1S/C14H24N2O3/c1-11(17)16-9-4-6-12-14(16,2)7-5-8-15(12)13(18)10-19-3/h12H,4-10H2,1-3H3/t12-,14+/m1/s1. The molecule has 2 saturated heterocycles. The van der Waals surface area contributed by atoms with Crippen LogP contribution < -0.4 is 0 Å². The SMILES string of the molecule is COCC(=O)N1CCC[C@@]2(C)[C@H]1CCCN2C(C)=O. The summed E-state index contributed by atoms with van der Waals surface area (Å²) in [7, 11) is 1.55. The van der Waals surface area contributed by atoms with Crippen molar-refractivity contribution in [2.75, 3.05) is 26.8 Å². The molecule has 2 aliphatic heterocycles. The third-order valence-corrected chi connectivity index (χ3v) is 4.62. The van der Waals surface area contributed by atoms with Crippen molar-refractivity contribution in [1.29, 1.82) is 0 Å². The minimum absolute atomic E-state index is 0.0452. The maximum Gasteiger partial charge on any atom is 0.248 e. The number of ether oxygens (including phenoxy) is 1. The normalized spacial score (nSPS) is 31.0. The Labute approximate surface area is 114 Å². The average Bonchev–Trinajstić information content (AvgIpc) is 2.36. The number of nitrogens with zero attached hydrogens (tertiary/aromatic N) is 2. The monoisotopic (exact) mass is 268 g/mol. The van der Waals surface area contributed by atoms with E-state index in [0.29, 0.717) is 0 Å². The van der Waals surface area contributed by atoms with Gasteiger partial charge in [-0.15, -0.1) is 0 Å². The molecule has 0 bridgehead atoms. The van der Waals surface area contributed by atoms with Crippen molar-refractivity contribution in [2.45, 2.75) is 51.1 Å². The lowest BCUT2D eigenvalue weighted by Crippen LogP contribution is -2.68. The number of rotatable bonds is 2. The van der Waals surface area contributed by atoms with Crippen LogP contribution in [0.5, 0.6) is 0 Å². The van der Waals surface area contributed by atoms with E-state index in [2.05, 4.69) is 6.92 Å². The summed E-state index contributed by atoms with van der Waals surface area (Å²) in [5, 5.41) is 0. The molecule has 0 spiro atoms. The van der Waals surface area contributed by atoms with Crippen molar-refractivity contribution in [1.82, 2.24) is 9.80 Å². The van der Waals surface area contributed by atoms with Crippen LogP contribution in [-0.4, -0.2) is 60.0 Å². The summed E-state index contributed by atoms with van der Waals surface area (Å²) < 4.78 is 4.97. The molecule has 5 nitrogen and oxygen atoms in total. The van der Waals surface area contributed by atoms with Gasteiger partial charge in [0.2, 0.25) is 11.8 Å². The maximum atomic E-state index is 12.2. The molecule has 0 aromatic carbocycles. The zero-order chi connectivity index (χ0) is 14.0. The minimum atomic E-state index is -0.203. The summed E-state index contributed by atoms with van der Waals surface area (Å²) in [5.74, 6) is 0.164. The van der Waals surface area contributed by atoms with E-state index in [0.717, 1.165) is 38.8 Å². The van der Waals surface area contributed by atoms with Crippen LogP contribution in [0.2, 0.25) is 0 Å². The molecule has 2 rings (SSSR count). The third kappa shape index (κ3) is 2.48. The highest BCUT2D eigenvalue weighted by Gasteiger charge is 2.49. The highest BCUT2D eigenvalue weighted by atomic mass is 16.5. The average molecular weight is 268 g/mol. The lowest BCUT2D eigenvalue weighted by molar-refractivity contribution is -0.156. The number of carbonyl (C=O) groups excluding carboxylic acids is 2. The van der Waals surface area contributed by atoms with Gasteiger partial charge < -0.3 is 14.5 Å². The number of fused-ring (bicyclic) bond motifs is 1. The van der Waals surface area contributed by atoms with E-state index >= 15 is 0 Å². The van der Waals surface area contributed by atoms with Crippen LogP contribution in [-0.2, 0) is 14.3 Å². The zero-order valence-corrected chi connectivity index (χ0v) is 12.1. The molecule has 2 heterocycles. The van der Waals surface area contributed by atoms with Crippen molar-refractivity contribution < 1.29 is 14.3 Å². The second-order valence-corrected chi connectivity index (χ2v) is 5.81. The third-order valence-electron chi connectivity index (χ3n) is 4.62. The molecule has 0 aromatic heterocycles. The van der Waals surface area contributed by atoms with Gasteiger partial charge in [-0.2, -0.15) is 0 Å². The van der Waals surface area contributed by atoms with Crippen molar-refractivity contribution >= 4 is 11.8 Å². The molecule has 2 fully saturated rings. The molecule has 2 atom stereocenters. The van der Waals surface area contributed by atoms with E-state index < -0.39 is 0 Å². The molecule has 0 radical (unpaired) electrons. The van der Waals surface area contributed by atoms with Crippen molar-refractivity contribution in [3.8, 4) is 0 Å². The van der Waals surface area contributed by atoms with Gasteiger partial charge in [0, 0.05) is 27.1 Å². The first-order chi connectivity index (χ1) is 9.00. The number of hydrogen-bond donors (Lipinski definition) is 0. The topological polar surface area (TPSA) is 49.9 Å². The van der Waals surface area contributed by atoms with Crippen molar-refractivity contribution in [2.24, 2.45) is 0 Å². The van der Waals surface area contributed by atoms with E-state index in [1.165, 1.54) is 0 Å². The minimum Gasteiger partial charge on any atom is -0.375 e. The Kier molecular flexibility index (Phi) is 4.13. The van der Waals surface area contributed by atoms with E-state index in [1.54, 1.807) is 14.0 Å². The summed E-state index contributed by atoms with van der Waals surface area (Å²) in [6.45, 7) is 5.49. The van der Waals surface area contributed by atoms with Crippen LogP contribution in [0.15, 0.2) is 0 Å². The Morgan fingerprint density at radius 2 is 2.05 bits per heavy atom. The molecular weight excluding hydrogens is 244 g/mol. The molecule has 0 N–H and O–H groups in total. The molecule has 0 aliphatic carbocycles. The zero-order valence-electron chi connectivity index (χ0n) is 12.1. The fourth-order valence-electron chi connectivity index (χ4n) is 3.77. The van der Waals surface area contributed by atoms with Crippen LogP contribution in [0.25, 0.3) is 0 Å². The number of methoxy groups -OCH3 is 1. The van der Waals surface area contributed by atoms with Crippen LogP contribution in [0.1, 0.15) is 39.5 Å². The second-order valence-electron chi connectivity index (χ2n) is 5.81. The quantitative estimate of drug-likeness (QED) is 0.751. The highest BCUT2D eigenvalue weighted by Crippen LogP contribution is 2.39. The van der Waals surface area contributed by atoms with Gasteiger partial charge in [-0.3, -0.25) is 9.59 Å². The van der Waals surface area contributed by atoms with Gasteiger partial charge >= 0.3 is 0 Å². The van der Waals surface area contributed by atoms with Gasteiger partial charge in [0.15, 0.2) is 0 Å². The highest BCUT2D eigenvalue weighted by molar-refractivity contribution is 5.79. The van der Waals surface area contributed by atoms with Crippen LogP contribution in [0, 0.1) is 0 Å². The lowest BCUT2D eigenvalue weighted by atomic mass is 9.76. The number of carbonyl (C=O) groups is 2. The van der Waals surface area contributed by atoms with E-state index in [9.17, 15) is 9.59 Å². The van der Waals surface area contributed by atoms with Crippen molar-refractivity contribution in [3.63, 3.8) is 0 Å². The van der Waals surface area contributed by atoms with Crippen LogP contribution >= 0.6 is 0 Å². The molecule has 0 saturated carbocycles. The molecule has 2 aliphatic rings. The largest absolute Gasteiger partial charge is 0.375 e. The molecule has 5 heteroatoms.